The van der Waals surface area contributed by atoms with Gasteiger partial charge in [-0.25, -0.2) is 0 Å². The Morgan fingerprint density at radius 2 is 2.19 bits per heavy atom. The molecule has 1 aliphatic rings. The zero-order valence-electron chi connectivity index (χ0n) is 11.6. The van der Waals surface area contributed by atoms with Gasteiger partial charge in [0.2, 0.25) is 5.91 Å². The van der Waals surface area contributed by atoms with E-state index in [4.69, 9.17) is 10.00 Å². The lowest BCUT2D eigenvalue weighted by Gasteiger charge is -2.19. The van der Waals surface area contributed by atoms with Crippen molar-refractivity contribution in [3.8, 4) is 11.8 Å². The first-order chi connectivity index (χ1) is 10.3. The largest absolute Gasteiger partial charge is 0.493 e. The van der Waals surface area contributed by atoms with Gasteiger partial charge in [0, 0.05) is 10.9 Å². The van der Waals surface area contributed by atoms with Crippen LogP contribution in [0.15, 0.2) is 36.4 Å². The summed E-state index contributed by atoms with van der Waals surface area (Å²) in [5.74, 6) is 0.622. The summed E-state index contributed by atoms with van der Waals surface area (Å²) in [7, 11) is 0. The molecule has 2 aromatic rings. The van der Waals surface area contributed by atoms with Crippen LogP contribution in [0.3, 0.4) is 0 Å². The molecule has 0 aromatic heterocycles. The van der Waals surface area contributed by atoms with E-state index >= 15 is 0 Å². The van der Waals surface area contributed by atoms with Crippen molar-refractivity contribution >= 4 is 16.7 Å². The van der Waals surface area contributed by atoms with Crippen molar-refractivity contribution in [1.29, 1.82) is 5.26 Å². The number of hydrogen-bond donors (Lipinski definition) is 1. The summed E-state index contributed by atoms with van der Waals surface area (Å²) in [5, 5.41) is 13.8. The fourth-order valence-corrected chi connectivity index (χ4v) is 2.78. The molecule has 0 fully saturated rings. The van der Waals surface area contributed by atoms with Gasteiger partial charge in [-0.2, -0.15) is 5.26 Å². The average Bonchev–Trinajstić information content (AvgIpc) is 2.70. The summed E-state index contributed by atoms with van der Waals surface area (Å²) in [6.07, 6.45) is 1.59. The van der Waals surface area contributed by atoms with E-state index in [1.165, 1.54) is 0 Å². The first-order valence-electron chi connectivity index (χ1n) is 7.10. The van der Waals surface area contributed by atoms with Gasteiger partial charge in [0.15, 0.2) is 0 Å². The van der Waals surface area contributed by atoms with E-state index in [9.17, 15) is 4.79 Å². The molecule has 106 valence electrons. The molecule has 0 bridgehead atoms. The molecule has 2 aromatic carbocycles. The fraction of sp³-hybridized carbons (Fsp3) is 0.294. The highest BCUT2D eigenvalue weighted by atomic mass is 16.5. The van der Waals surface area contributed by atoms with Crippen molar-refractivity contribution in [2.24, 2.45) is 0 Å². The van der Waals surface area contributed by atoms with Gasteiger partial charge in [-0.1, -0.05) is 36.4 Å². The molecule has 4 nitrogen and oxygen atoms in total. The van der Waals surface area contributed by atoms with Crippen LogP contribution in [0, 0.1) is 11.3 Å². The summed E-state index contributed by atoms with van der Waals surface area (Å²) in [5.41, 5.74) is 0.998. The second-order valence-corrected chi connectivity index (χ2v) is 5.15. The van der Waals surface area contributed by atoms with Crippen LogP contribution >= 0.6 is 0 Å². The van der Waals surface area contributed by atoms with Crippen molar-refractivity contribution in [2.45, 2.75) is 25.3 Å². The normalized spacial score (nSPS) is 17.2. The SMILES string of the molecule is N#CCC(=O)NC1CCCOc2c1ccc1ccccc21. The maximum atomic E-state index is 11.7. The number of nitrogens with zero attached hydrogens (tertiary/aromatic N) is 1. The maximum absolute atomic E-state index is 11.7. The Kier molecular flexibility index (Phi) is 3.74. The minimum atomic E-state index is -0.233. The van der Waals surface area contributed by atoms with Gasteiger partial charge in [0.05, 0.1) is 18.7 Å². The van der Waals surface area contributed by atoms with Crippen molar-refractivity contribution in [3.05, 3.63) is 42.0 Å². The van der Waals surface area contributed by atoms with Crippen molar-refractivity contribution in [3.63, 3.8) is 0 Å². The molecule has 0 saturated heterocycles. The highest BCUT2D eigenvalue weighted by Gasteiger charge is 2.22. The lowest BCUT2D eigenvalue weighted by atomic mass is 9.98. The van der Waals surface area contributed by atoms with Gasteiger partial charge in [-0.3, -0.25) is 4.79 Å². The predicted octanol–water partition coefficient (Wildman–Crippen LogP) is 3.08. The van der Waals surface area contributed by atoms with Crippen molar-refractivity contribution < 1.29 is 9.53 Å². The van der Waals surface area contributed by atoms with Crippen LogP contribution in [0.25, 0.3) is 10.8 Å². The monoisotopic (exact) mass is 280 g/mol. The van der Waals surface area contributed by atoms with Gasteiger partial charge in [-0.05, 0) is 18.2 Å². The van der Waals surface area contributed by atoms with Crippen LogP contribution in [-0.2, 0) is 4.79 Å². The highest BCUT2D eigenvalue weighted by Crippen LogP contribution is 2.37. The highest BCUT2D eigenvalue weighted by molar-refractivity contribution is 5.90. The zero-order chi connectivity index (χ0) is 14.7. The number of benzene rings is 2. The molecule has 21 heavy (non-hydrogen) atoms. The first-order valence-corrected chi connectivity index (χ1v) is 7.10. The van der Waals surface area contributed by atoms with Crippen molar-refractivity contribution in [1.82, 2.24) is 5.32 Å². The van der Waals surface area contributed by atoms with E-state index in [-0.39, 0.29) is 18.4 Å². The number of nitriles is 1. The van der Waals surface area contributed by atoms with E-state index in [0.717, 1.165) is 34.9 Å². The van der Waals surface area contributed by atoms with E-state index in [1.54, 1.807) is 0 Å². The molecular formula is C17H16N2O2. The topological polar surface area (TPSA) is 62.1 Å². The van der Waals surface area contributed by atoms with Gasteiger partial charge in [0.1, 0.15) is 12.2 Å². The molecule has 3 rings (SSSR count). The number of carbonyl (C=O) groups excluding carboxylic acids is 1. The summed E-state index contributed by atoms with van der Waals surface area (Å²) in [6, 6.07) is 13.9. The Bertz CT molecular complexity index is 718. The molecule has 1 atom stereocenters. The van der Waals surface area contributed by atoms with Gasteiger partial charge < -0.3 is 10.1 Å². The molecule has 0 saturated carbocycles. The first kappa shape index (κ1) is 13.4. The van der Waals surface area contributed by atoms with Gasteiger partial charge in [-0.15, -0.1) is 0 Å². The number of carbonyl (C=O) groups is 1. The maximum Gasteiger partial charge on any atom is 0.234 e. The average molecular weight is 280 g/mol. The minimum Gasteiger partial charge on any atom is -0.493 e. The van der Waals surface area contributed by atoms with Crippen molar-refractivity contribution in [2.75, 3.05) is 6.61 Å². The van der Waals surface area contributed by atoms with Crippen LogP contribution < -0.4 is 10.1 Å². The summed E-state index contributed by atoms with van der Waals surface area (Å²) < 4.78 is 5.92. The predicted molar refractivity (Wildman–Crippen MR) is 79.8 cm³/mol. The third-order valence-corrected chi connectivity index (χ3v) is 3.74. The molecule has 1 heterocycles. The van der Waals surface area contributed by atoms with Crippen LogP contribution in [-0.4, -0.2) is 12.5 Å². The zero-order valence-corrected chi connectivity index (χ0v) is 11.6. The van der Waals surface area contributed by atoms with Crippen LogP contribution in [0.1, 0.15) is 30.9 Å². The quantitative estimate of drug-likeness (QED) is 0.919. The Morgan fingerprint density at radius 1 is 1.33 bits per heavy atom. The van der Waals surface area contributed by atoms with E-state index < -0.39 is 0 Å². The number of rotatable bonds is 2. The molecule has 1 aliphatic heterocycles. The third-order valence-electron chi connectivity index (χ3n) is 3.74. The van der Waals surface area contributed by atoms with Crippen LogP contribution in [0.5, 0.6) is 5.75 Å². The molecular weight excluding hydrogens is 264 g/mol. The fourth-order valence-electron chi connectivity index (χ4n) is 2.78. The number of fused-ring (bicyclic) bond motifs is 3. The number of hydrogen-bond acceptors (Lipinski definition) is 3. The van der Waals surface area contributed by atoms with Crippen LogP contribution in [0.2, 0.25) is 0 Å². The lowest BCUT2D eigenvalue weighted by molar-refractivity contribution is -0.120. The van der Waals surface area contributed by atoms with Crippen LogP contribution in [0.4, 0.5) is 0 Å². The summed E-state index contributed by atoms with van der Waals surface area (Å²) >= 11 is 0. The second kappa shape index (κ2) is 5.84. The Morgan fingerprint density at radius 3 is 3.05 bits per heavy atom. The molecule has 1 N–H and O–H groups in total. The summed E-state index contributed by atoms with van der Waals surface area (Å²) in [6.45, 7) is 0.644. The Labute approximate surface area is 123 Å². The van der Waals surface area contributed by atoms with E-state index in [0.29, 0.717) is 6.61 Å². The second-order valence-electron chi connectivity index (χ2n) is 5.15. The third kappa shape index (κ3) is 2.68. The molecule has 0 aliphatic carbocycles. The molecule has 1 amide bonds. The molecule has 0 radical (unpaired) electrons. The smallest absolute Gasteiger partial charge is 0.234 e. The van der Waals surface area contributed by atoms with Gasteiger partial charge >= 0.3 is 0 Å². The van der Waals surface area contributed by atoms with Gasteiger partial charge in [0.25, 0.3) is 0 Å². The van der Waals surface area contributed by atoms with E-state index in [2.05, 4.69) is 5.32 Å². The molecule has 4 heteroatoms. The molecule has 0 spiro atoms. The number of ether oxygens (including phenoxy) is 1. The molecule has 1 unspecified atom stereocenters. The standard InChI is InChI=1S/C17H16N2O2/c18-10-9-16(20)19-15-6-3-11-21-17-13-5-2-1-4-12(13)7-8-14(15)17/h1-2,4-5,7-8,15H,3,6,9,11H2,(H,19,20). The lowest BCUT2D eigenvalue weighted by Crippen LogP contribution is -2.27. The minimum absolute atomic E-state index is 0.0899. The number of nitrogens with one attached hydrogen (secondary N) is 1. The van der Waals surface area contributed by atoms with E-state index in [1.807, 2.05) is 42.5 Å². The number of amides is 1. The summed E-state index contributed by atoms with van der Waals surface area (Å²) in [4.78, 5) is 11.7. The Hall–Kier alpha value is -2.54. The Balaban J connectivity index is 2.02.